The first-order valence-corrected chi connectivity index (χ1v) is 10.2. The summed E-state index contributed by atoms with van der Waals surface area (Å²) in [5.41, 5.74) is 3.56. The van der Waals surface area contributed by atoms with E-state index in [9.17, 15) is 4.79 Å². The van der Waals surface area contributed by atoms with Crippen molar-refractivity contribution in [3.05, 3.63) is 59.4 Å². The summed E-state index contributed by atoms with van der Waals surface area (Å²) < 4.78 is 13.2. The van der Waals surface area contributed by atoms with Gasteiger partial charge in [0.2, 0.25) is 0 Å². The molecule has 4 rings (SSSR count). The molecule has 0 spiro atoms. The van der Waals surface area contributed by atoms with E-state index in [2.05, 4.69) is 15.6 Å². The van der Waals surface area contributed by atoms with E-state index < -0.39 is 0 Å². The molecule has 1 saturated carbocycles. The number of carbonyl (C=O) groups excluding carboxylic acids is 1. The van der Waals surface area contributed by atoms with Gasteiger partial charge in [-0.25, -0.2) is 4.68 Å². The maximum absolute atomic E-state index is 12.9. The van der Waals surface area contributed by atoms with Crippen molar-refractivity contribution in [2.45, 2.75) is 45.6 Å². The lowest BCUT2D eigenvalue weighted by Gasteiger charge is -2.17. The minimum Gasteiger partial charge on any atom is -0.493 e. The van der Waals surface area contributed by atoms with Crippen molar-refractivity contribution in [3.8, 4) is 17.2 Å². The van der Waals surface area contributed by atoms with Gasteiger partial charge in [0.05, 0.1) is 24.6 Å². The Hall–Kier alpha value is -3.35. The molecule has 1 amide bonds. The Morgan fingerprint density at radius 3 is 2.63 bits per heavy atom. The molecule has 0 saturated heterocycles. The minimum absolute atomic E-state index is 0.196. The van der Waals surface area contributed by atoms with Crippen molar-refractivity contribution in [3.63, 3.8) is 0 Å². The number of rotatable bonds is 6. The second-order valence-corrected chi connectivity index (χ2v) is 7.62. The van der Waals surface area contributed by atoms with Crippen LogP contribution in [0.25, 0.3) is 5.69 Å². The van der Waals surface area contributed by atoms with E-state index in [0.717, 1.165) is 24.1 Å². The molecule has 1 N–H and O–H groups in total. The highest BCUT2D eigenvalue weighted by molar-refractivity contribution is 6.03. The number of aryl methyl sites for hydroxylation is 1. The molecular weight excluding hydrogens is 380 g/mol. The quantitative estimate of drug-likeness (QED) is 0.654. The molecule has 7 heteroatoms. The molecule has 1 aromatic heterocycles. The predicted octanol–water partition coefficient (Wildman–Crippen LogP) is 4.47. The van der Waals surface area contributed by atoms with Gasteiger partial charge in [0, 0.05) is 11.8 Å². The summed E-state index contributed by atoms with van der Waals surface area (Å²) >= 11 is 0. The molecule has 2 aromatic carbocycles. The summed E-state index contributed by atoms with van der Waals surface area (Å²) in [7, 11) is 1.61. The fraction of sp³-hybridized carbons (Fsp3) is 0.348. The summed E-state index contributed by atoms with van der Waals surface area (Å²) in [4.78, 5) is 12.9. The summed E-state index contributed by atoms with van der Waals surface area (Å²) in [6, 6.07) is 13.3. The number of carbonyl (C=O) groups is 1. The molecule has 0 unspecified atom stereocenters. The van der Waals surface area contributed by atoms with Crippen LogP contribution < -0.4 is 14.8 Å². The second-order valence-electron chi connectivity index (χ2n) is 7.62. The lowest BCUT2D eigenvalue weighted by Crippen LogP contribution is -2.15. The normalized spacial score (nSPS) is 14.0. The Kier molecular flexibility index (Phi) is 5.70. The van der Waals surface area contributed by atoms with Crippen LogP contribution in [-0.2, 0) is 0 Å². The van der Waals surface area contributed by atoms with Crippen LogP contribution >= 0.6 is 0 Å². The molecular formula is C23H26N4O3. The van der Waals surface area contributed by atoms with Crippen LogP contribution in [0.1, 0.15) is 47.4 Å². The third kappa shape index (κ3) is 4.15. The Balaban J connectivity index is 1.54. The van der Waals surface area contributed by atoms with Crippen LogP contribution in [0.5, 0.6) is 11.5 Å². The SMILES string of the molecule is COc1ccc(NC(=O)c2nnn(-c3cccc(C)c3)c2C)cc1OC1CCCC1. The summed E-state index contributed by atoms with van der Waals surface area (Å²) in [6.45, 7) is 3.85. The predicted molar refractivity (Wildman–Crippen MR) is 115 cm³/mol. The summed E-state index contributed by atoms with van der Waals surface area (Å²) in [6.07, 6.45) is 4.64. The number of methoxy groups -OCH3 is 1. The van der Waals surface area contributed by atoms with E-state index in [1.807, 2.05) is 38.1 Å². The molecule has 1 aliphatic carbocycles. The van der Waals surface area contributed by atoms with Crippen molar-refractivity contribution < 1.29 is 14.3 Å². The van der Waals surface area contributed by atoms with E-state index >= 15 is 0 Å². The van der Waals surface area contributed by atoms with Crippen LogP contribution in [0.3, 0.4) is 0 Å². The molecule has 0 bridgehead atoms. The molecule has 7 nitrogen and oxygen atoms in total. The molecule has 1 fully saturated rings. The van der Waals surface area contributed by atoms with Gasteiger partial charge in [-0.15, -0.1) is 5.10 Å². The van der Waals surface area contributed by atoms with Crippen LogP contribution in [0, 0.1) is 13.8 Å². The first-order valence-electron chi connectivity index (χ1n) is 10.2. The van der Waals surface area contributed by atoms with Crippen LogP contribution in [0.2, 0.25) is 0 Å². The number of nitrogens with one attached hydrogen (secondary N) is 1. The van der Waals surface area contributed by atoms with Crippen molar-refractivity contribution in [1.29, 1.82) is 0 Å². The van der Waals surface area contributed by atoms with Crippen LogP contribution in [0.15, 0.2) is 42.5 Å². The smallest absolute Gasteiger partial charge is 0.278 e. The monoisotopic (exact) mass is 406 g/mol. The third-order valence-electron chi connectivity index (χ3n) is 5.37. The largest absolute Gasteiger partial charge is 0.493 e. The first-order chi connectivity index (χ1) is 14.5. The zero-order chi connectivity index (χ0) is 21.1. The van der Waals surface area contributed by atoms with Gasteiger partial charge in [0.25, 0.3) is 5.91 Å². The Labute approximate surface area is 176 Å². The Bertz CT molecular complexity index is 1050. The molecule has 1 heterocycles. The first kappa shape index (κ1) is 19.9. The fourth-order valence-electron chi connectivity index (χ4n) is 3.77. The van der Waals surface area contributed by atoms with Gasteiger partial charge >= 0.3 is 0 Å². The van der Waals surface area contributed by atoms with Gasteiger partial charge in [-0.3, -0.25) is 4.79 Å². The second kappa shape index (κ2) is 8.57. The summed E-state index contributed by atoms with van der Waals surface area (Å²) in [5.74, 6) is 0.979. The topological polar surface area (TPSA) is 78.3 Å². The number of amides is 1. The van der Waals surface area contributed by atoms with E-state index in [1.54, 1.807) is 30.0 Å². The fourth-order valence-corrected chi connectivity index (χ4v) is 3.77. The molecule has 0 radical (unpaired) electrons. The van der Waals surface area contributed by atoms with Crippen molar-refractivity contribution in [1.82, 2.24) is 15.0 Å². The Morgan fingerprint density at radius 2 is 1.90 bits per heavy atom. The number of nitrogens with zero attached hydrogens (tertiary/aromatic N) is 3. The van der Waals surface area contributed by atoms with Gasteiger partial charge in [-0.1, -0.05) is 17.3 Å². The number of benzene rings is 2. The van der Waals surface area contributed by atoms with Gasteiger partial charge in [0.1, 0.15) is 0 Å². The highest BCUT2D eigenvalue weighted by Gasteiger charge is 2.21. The highest BCUT2D eigenvalue weighted by Crippen LogP contribution is 2.34. The number of aromatic nitrogens is 3. The number of hydrogen-bond donors (Lipinski definition) is 1. The van der Waals surface area contributed by atoms with Crippen molar-refractivity contribution >= 4 is 11.6 Å². The average Bonchev–Trinajstić information content (AvgIpc) is 3.38. The molecule has 0 aliphatic heterocycles. The van der Waals surface area contributed by atoms with E-state index in [-0.39, 0.29) is 17.7 Å². The molecule has 0 atom stereocenters. The standard InChI is InChI=1S/C23H26N4O3/c1-15-7-6-8-18(13-15)27-16(2)22(25-26-27)23(28)24-17-11-12-20(29-3)21(14-17)30-19-9-4-5-10-19/h6-8,11-14,19H,4-5,9-10H2,1-3H3,(H,24,28). The van der Waals surface area contributed by atoms with E-state index in [4.69, 9.17) is 9.47 Å². The Morgan fingerprint density at radius 1 is 1.10 bits per heavy atom. The molecule has 3 aromatic rings. The number of hydrogen-bond acceptors (Lipinski definition) is 5. The molecule has 1 aliphatic rings. The zero-order valence-corrected chi connectivity index (χ0v) is 17.5. The van der Waals surface area contributed by atoms with Gasteiger partial charge in [0.15, 0.2) is 17.2 Å². The number of ether oxygens (including phenoxy) is 2. The molecule has 30 heavy (non-hydrogen) atoms. The van der Waals surface area contributed by atoms with Gasteiger partial charge < -0.3 is 14.8 Å². The lowest BCUT2D eigenvalue weighted by atomic mass is 10.2. The van der Waals surface area contributed by atoms with Crippen LogP contribution in [0.4, 0.5) is 5.69 Å². The highest BCUT2D eigenvalue weighted by atomic mass is 16.5. The van der Waals surface area contributed by atoms with Gasteiger partial charge in [-0.2, -0.15) is 0 Å². The van der Waals surface area contributed by atoms with Crippen LogP contribution in [-0.4, -0.2) is 34.1 Å². The van der Waals surface area contributed by atoms with Crippen molar-refractivity contribution in [2.75, 3.05) is 12.4 Å². The average molecular weight is 406 g/mol. The lowest BCUT2D eigenvalue weighted by molar-refractivity contribution is 0.102. The molecule has 156 valence electrons. The minimum atomic E-state index is -0.316. The maximum Gasteiger partial charge on any atom is 0.278 e. The summed E-state index contributed by atoms with van der Waals surface area (Å²) in [5, 5.41) is 11.2. The zero-order valence-electron chi connectivity index (χ0n) is 17.5. The maximum atomic E-state index is 12.9. The van der Waals surface area contributed by atoms with E-state index in [1.165, 1.54) is 12.8 Å². The van der Waals surface area contributed by atoms with E-state index in [0.29, 0.717) is 22.9 Å². The third-order valence-corrected chi connectivity index (χ3v) is 5.37. The van der Waals surface area contributed by atoms with Crippen molar-refractivity contribution in [2.24, 2.45) is 0 Å². The number of anilines is 1. The van der Waals surface area contributed by atoms with Gasteiger partial charge in [-0.05, 0) is 69.4 Å².